The molecule has 3 heterocycles. The molecule has 8 heteroatoms. The molecule has 0 atom stereocenters. The molecule has 32 heavy (non-hydrogen) atoms. The van der Waals surface area contributed by atoms with E-state index in [0.29, 0.717) is 16.1 Å². The van der Waals surface area contributed by atoms with E-state index >= 15 is 0 Å². The third-order valence-electron chi connectivity index (χ3n) is 5.99. The number of amidine groups is 2. The van der Waals surface area contributed by atoms with E-state index in [2.05, 4.69) is 28.5 Å². The van der Waals surface area contributed by atoms with Crippen molar-refractivity contribution in [2.75, 3.05) is 0 Å². The van der Waals surface area contributed by atoms with E-state index in [-0.39, 0.29) is 11.4 Å². The second-order valence-corrected chi connectivity index (χ2v) is 9.46. The Labute approximate surface area is 197 Å². The van der Waals surface area contributed by atoms with Gasteiger partial charge in [-0.3, -0.25) is 10.2 Å². The molecule has 0 radical (unpaired) electrons. The quantitative estimate of drug-likeness (QED) is 0.539. The molecule has 6 nitrogen and oxygen atoms in total. The molecule has 1 N–H and O–H groups in total. The summed E-state index contributed by atoms with van der Waals surface area (Å²) in [6.07, 6.45) is 3.67. The van der Waals surface area contributed by atoms with Crippen LogP contribution in [0.3, 0.4) is 0 Å². The van der Waals surface area contributed by atoms with Gasteiger partial charge < -0.3 is 4.57 Å². The van der Waals surface area contributed by atoms with E-state index in [1.54, 1.807) is 6.08 Å². The minimum absolute atomic E-state index is 0.0663. The molecule has 0 bridgehead atoms. The van der Waals surface area contributed by atoms with Gasteiger partial charge in [-0.1, -0.05) is 31.5 Å². The van der Waals surface area contributed by atoms with Gasteiger partial charge in [0.25, 0.3) is 5.91 Å². The maximum Gasteiger partial charge on any atom is 0.283 e. The molecule has 1 aromatic heterocycles. The van der Waals surface area contributed by atoms with Crippen LogP contribution in [-0.2, 0) is 4.79 Å². The van der Waals surface area contributed by atoms with Crippen LogP contribution in [0.1, 0.15) is 49.2 Å². The molecule has 0 saturated carbocycles. The number of hydrazone groups is 1. The number of fused-ring (bicyclic) bond motifs is 1. The summed E-state index contributed by atoms with van der Waals surface area (Å²) in [5.41, 5.74) is 5.06. The number of aliphatic imine (C=N–C) groups is 1. The van der Waals surface area contributed by atoms with Gasteiger partial charge in [0.15, 0.2) is 5.84 Å². The van der Waals surface area contributed by atoms with E-state index in [1.807, 2.05) is 45.0 Å². The van der Waals surface area contributed by atoms with Gasteiger partial charge >= 0.3 is 0 Å². The molecule has 0 aliphatic carbocycles. The van der Waals surface area contributed by atoms with Crippen molar-refractivity contribution in [1.29, 1.82) is 5.41 Å². The average molecular weight is 468 g/mol. The first-order chi connectivity index (χ1) is 15.2. The van der Waals surface area contributed by atoms with Crippen molar-refractivity contribution in [3.63, 3.8) is 0 Å². The largest absolute Gasteiger partial charge is 0.318 e. The lowest BCUT2D eigenvalue weighted by atomic mass is 10.1. The Morgan fingerprint density at radius 2 is 1.91 bits per heavy atom. The highest BCUT2D eigenvalue weighted by Crippen LogP contribution is 2.33. The molecule has 1 aromatic carbocycles. The first-order valence-corrected chi connectivity index (χ1v) is 11.9. The molecule has 0 spiro atoms. The molecule has 0 fully saturated rings. The fourth-order valence-electron chi connectivity index (χ4n) is 4.02. The molecule has 2 aliphatic rings. The molecule has 0 saturated heterocycles. The predicted molar refractivity (Wildman–Crippen MR) is 134 cm³/mol. The van der Waals surface area contributed by atoms with Crippen molar-refractivity contribution in [3.05, 3.63) is 57.4 Å². The van der Waals surface area contributed by atoms with Crippen LogP contribution in [0, 0.1) is 32.1 Å². The highest BCUT2D eigenvalue weighted by molar-refractivity contribution is 8.27. The maximum atomic E-state index is 12.8. The summed E-state index contributed by atoms with van der Waals surface area (Å²) in [6, 6.07) is 7.96. The van der Waals surface area contributed by atoms with Crippen molar-refractivity contribution >= 4 is 51.4 Å². The number of aromatic nitrogens is 1. The maximum absolute atomic E-state index is 12.8. The van der Waals surface area contributed by atoms with Crippen molar-refractivity contribution in [1.82, 2.24) is 9.58 Å². The van der Waals surface area contributed by atoms with E-state index < -0.39 is 5.91 Å². The van der Waals surface area contributed by atoms with Gasteiger partial charge in [-0.2, -0.15) is 15.1 Å². The highest BCUT2D eigenvalue weighted by atomic mass is 35.5. The number of carbonyl (C=O) groups is 1. The Morgan fingerprint density at radius 1 is 1.19 bits per heavy atom. The van der Waals surface area contributed by atoms with Crippen LogP contribution in [0.4, 0.5) is 0 Å². The van der Waals surface area contributed by atoms with Crippen LogP contribution in [-0.4, -0.2) is 31.5 Å². The van der Waals surface area contributed by atoms with Gasteiger partial charge in [0.1, 0.15) is 5.04 Å². The number of thioether (sulfide) groups is 1. The summed E-state index contributed by atoms with van der Waals surface area (Å²) >= 11 is 7.74. The lowest BCUT2D eigenvalue weighted by molar-refractivity contribution is -0.114. The van der Waals surface area contributed by atoms with Gasteiger partial charge in [0.2, 0.25) is 5.17 Å². The number of nitrogens with one attached hydrogen (secondary N) is 1. The van der Waals surface area contributed by atoms with E-state index in [1.165, 1.54) is 16.8 Å². The minimum Gasteiger partial charge on any atom is -0.318 e. The highest BCUT2D eigenvalue weighted by Gasteiger charge is 2.37. The molecule has 4 rings (SSSR count). The molecule has 166 valence electrons. The number of halogens is 1. The third kappa shape index (κ3) is 3.84. The zero-order valence-electron chi connectivity index (χ0n) is 18.9. The van der Waals surface area contributed by atoms with Crippen molar-refractivity contribution in [2.45, 2.75) is 47.5 Å². The number of amides is 1. The number of hydrogen-bond donors (Lipinski definition) is 1. The van der Waals surface area contributed by atoms with E-state index in [9.17, 15) is 4.79 Å². The molecular formula is C24H26ClN5OS. The Bertz CT molecular complexity index is 1220. The van der Waals surface area contributed by atoms with Crippen molar-refractivity contribution in [2.24, 2.45) is 16.0 Å². The van der Waals surface area contributed by atoms with Gasteiger partial charge in [0.05, 0.1) is 5.57 Å². The minimum atomic E-state index is -0.405. The van der Waals surface area contributed by atoms with Crippen LogP contribution in [0.2, 0.25) is 5.02 Å². The van der Waals surface area contributed by atoms with Crippen molar-refractivity contribution < 1.29 is 4.79 Å². The lowest BCUT2D eigenvalue weighted by Gasteiger charge is -2.20. The molecular weight excluding hydrogens is 442 g/mol. The summed E-state index contributed by atoms with van der Waals surface area (Å²) in [4.78, 5) is 17.0. The summed E-state index contributed by atoms with van der Waals surface area (Å²) in [6.45, 7) is 10.2. The number of aryl methyl sites for hydroxylation is 2. The van der Waals surface area contributed by atoms with E-state index in [0.717, 1.165) is 46.1 Å². The normalized spacial score (nSPS) is 17.3. The molecule has 2 aromatic rings. The SMILES string of the molecule is CCC(CC)C1=NN2C(=N)C(=Cc3cc(C)n(-c4ccc(C)c(Cl)c4)c3C)C(=O)N=C2S1. The summed E-state index contributed by atoms with van der Waals surface area (Å²) in [5.74, 6) is -0.0292. The number of benzene rings is 1. The van der Waals surface area contributed by atoms with Crippen molar-refractivity contribution in [3.8, 4) is 5.69 Å². The Kier molecular flexibility index (Phi) is 6.14. The van der Waals surface area contributed by atoms with Crippen LogP contribution in [0.25, 0.3) is 11.8 Å². The molecule has 1 amide bonds. The van der Waals surface area contributed by atoms with Gasteiger partial charge in [-0.05, 0) is 80.8 Å². The number of carbonyl (C=O) groups excluding carboxylic acids is 1. The standard InChI is InChI=1S/C24H26ClN5OS/c1-6-16(7-2)23-28-30-21(26)19(22(31)27-24(30)32-23)11-17-10-14(4)29(15(17)5)18-9-8-13(3)20(25)12-18/h8-12,16,26H,6-7H2,1-5H3. The van der Waals surface area contributed by atoms with Crippen LogP contribution >= 0.6 is 23.4 Å². The second-order valence-electron chi connectivity index (χ2n) is 8.07. The average Bonchev–Trinajstić information content (AvgIpc) is 3.29. The second kappa shape index (κ2) is 8.71. The molecule has 2 aliphatic heterocycles. The number of nitrogens with zero attached hydrogens (tertiary/aromatic N) is 4. The van der Waals surface area contributed by atoms with Crippen LogP contribution < -0.4 is 0 Å². The predicted octanol–water partition coefficient (Wildman–Crippen LogP) is 6.11. The Morgan fingerprint density at radius 3 is 2.56 bits per heavy atom. The van der Waals surface area contributed by atoms with Gasteiger partial charge in [-0.25, -0.2) is 0 Å². The summed E-state index contributed by atoms with van der Waals surface area (Å²) in [5, 5.41) is 16.9. The van der Waals surface area contributed by atoms with Crippen LogP contribution in [0.15, 0.2) is 39.9 Å². The Balaban J connectivity index is 1.72. The topological polar surface area (TPSA) is 73.8 Å². The summed E-state index contributed by atoms with van der Waals surface area (Å²) < 4.78 is 2.10. The van der Waals surface area contributed by atoms with Gasteiger partial charge in [0, 0.05) is 28.0 Å². The number of rotatable bonds is 5. The fraction of sp³-hybridized carbons (Fsp3) is 0.333. The third-order valence-corrected chi connectivity index (χ3v) is 7.47. The van der Waals surface area contributed by atoms with Gasteiger partial charge in [-0.15, -0.1) is 0 Å². The zero-order chi connectivity index (χ0) is 23.2. The summed E-state index contributed by atoms with van der Waals surface area (Å²) in [7, 11) is 0. The Hall–Kier alpha value is -2.64. The fourth-order valence-corrected chi connectivity index (χ4v) is 5.35. The smallest absolute Gasteiger partial charge is 0.283 e. The van der Waals surface area contributed by atoms with Crippen LogP contribution in [0.5, 0.6) is 0 Å². The zero-order valence-corrected chi connectivity index (χ0v) is 20.4. The molecule has 0 unspecified atom stereocenters. The van der Waals surface area contributed by atoms with E-state index in [4.69, 9.17) is 17.0 Å². The first-order valence-electron chi connectivity index (χ1n) is 10.7. The lowest BCUT2D eigenvalue weighted by Crippen LogP contribution is -2.35. The first kappa shape index (κ1) is 22.6. The monoisotopic (exact) mass is 467 g/mol. The number of hydrogen-bond acceptors (Lipinski definition) is 4.